The van der Waals surface area contributed by atoms with Crippen LogP contribution in [-0.2, 0) is 19.2 Å². The van der Waals surface area contributed by atoms with Crippen molar-refractivity contribution < 1.29 is 29.4 Å². The highest BCUT2D eigenvalue weighted by Crippen LogP contribution is 2.42. The van der Waals surface area contributed by atoms with Crippen molar-refractivity contribution in [2.24, 2.45) is 59.2 Å². The van der Waals surface area contributed by atoms with Gasteiger partial charge in [0.05, 0.1) is 24.4 Å². The van der Waals surface area contributed by atoms with Gasteiger partial charge in [-0.3, -0.25) is 14.4 Å². The van der Waals surface area contributed by atoms with Gasteiger partial charge in [-0.15, -0.1) is 0 Å². The molecule has 6 atom stereocenters. The van der Waals surface area contributed by atoms with Gasteiger partial charge in [-0.25, -0.2) is 0 Å². The van der Waals surface area contributed by atoms with Gasteiger partial charge in [-0.05, 0) is 151 Å². The van der Waals surface area contributed by atoms with E-state index in [2.05, 4.69) is 10.8 Å². The van der Waals surface area contributed by atoms with Crippen molar-refractivity contribution in [2.75, 3.05) is 6.61 Å². The predicted octanol–water partition coefficient (Wildman–Crippen LogP) is 9.31. The minimum atomic E-state index is -0.791. The second-order valence-corrected chi connectivity index (χ2v) is 18.7. The molecule has 51 heavy (non-hydrogen) atoms. The van der Waals surface area contributed by atoms with E-state index in [9.17, 15) is 24.6 Å². The van der Waals surface area contributed by atoms with Crippen molar-refractivity contribution in [3.8, 4) is 0 Å². The Morgan fingerprint density at radius 2 is 0.922 bits per heavy atom. The average molecular weight is 713 g/mol. The predicted molar refractivity (Wildman–Crippen MR) is 200 cm³/mol. The number of nitrogens with one attached hydrogen (secondary N) is 2. The summed E-state index contributed by atoms with van der Waals surface area (Å²) >= 11 is 0. The fourth-order valence-corrected chi connectivity index (χ4v) is 12.0. The van der Waals surface area contributed by atoms with E-state index in [1.807, 2.05) is 0 Å². The normalized spacial score (nSPS) is 37.4. The van der Waals surface area contributed by atoms with Crippen LogP contribution in [0.4, 0.5) is 0 Å². The first-order valence-electron chi connectivity index (χ1n) is 21.9. The molecule has 0 aromatic carbocycles. The largest absolute Gasteiger partial charge is 0.481 e. The van der Waals surface area contributed by atoms with E-state index in [-0.39, 0.29) is 29.7 Å². The van der Waals surface area contributed by atoms with Crippen molar-refractivity contribution in [3.63, 3.8) is 0 Å². The van der Waals surface area contributed by atoms with Gasteiger partial charge in [0.15, 0.2) is 0 Å². The van der Waals surface area contributed by atoms with Crippen LogP contribution in [0.1, 0.15) is 173 Å². The Kier molecular flexibility index (Phi) is 15.0. The standard InChI is InChI=1S/C43H72N2O6/c46-41(40-27-34(16-22-39(40)43(49)50)25-30-9-5-2-6-10-30)44-36-17-11-31(12-18-36)23-32-13-19-37(20-14-32)45-51-28-35-26-33(15-21-38(35)42(47)48)24-29-7-3-1-4-8-29/h29-40,45H,1-28H2,(H,44,46)(H,47,48)(H,49,50). The van der Waals surface area contributed by atoms with Gasteiger partial charge in [0.2, 0.25) is 5.91 Å². The summed E-state index contributed by atoms with van der Waals surface area (Å²) in [5.74, 6) is 1.73. The number of amides is 1. The molecule has 0 aromatic heterocycles. The number of hydrogen-bond donors (Lipinski definition) is 4. The lowest BCUT2D eigenvalue weighted by atomic mass is 9.69. The van der Waals surface area contributed by atoms with Crippen molar-refractivity contribution in [1.29, 1.82) is 0 Å². The number of carbonyl (C=O) groups excluding carboxylic acids is 1. The third-order valence-corrected chi connectivity index (χ3v) is 15.1. The molecular weight excluding hydrogens is 640 g/mol. The van der Waals surface area contributed by atoms with Crippen LogP contribution in [0.3, 0.4) is 0 Å². The van der Waals surface area contributed by atoms with E-state index >= 15 is 0 Å². The van der Waals surface area contributed by atoms with Crippen LogP contribution in [0.15, 0.2) is 0 Å². The molecule has 6 aliphatic carbocycles. The van der Waals surface area contributed by atoms with E-state index in [1.165, 1.54) is 96.3 Å². The number of carbonyl (C=O) groups is 3. The molecule has 0 bridgehead atoms. The monoisotopic (exact) mass is 713 g/mol. The van der Waals surface area contributed by atoms with Crippen molar-refractivity contribution in [2.45, 2.75) is 185 Å². The second kappa shape index (κ2) is 19.6. The van der Waals surface area contributed by atoms with Gasteiger partial charge in [0.25, 0.3) is 0 Å². The van der Waals surface area contributed by atoms with E-state index < -0.39 is 17.9 Å². The van der Waals surface area contributed by atoms with E-state index in [0.29, 0.717) is 36.8 Å². The van der Waals surface area contributed by atoms with E-state index in [4.69, 9.17) is 4.84 Å². The maximum atomic E-state index is 13.5. The Labute approximate surface area is 308 Å². The number of aliphatic carboxylic acids is 2. The summed E-state index contributed by atoms with van der Waals surface area (Å²) in [6.07, 6.45) is 31.4. The first-order valence-corrected chi connectivity index (χ1v) is 21.9. The molecule has 0 saturated heterocycles. The first-order chi connectivity index (χ1) is 24.8. The molecule has 8 nitrogen and oxygen atoms in total. The van der Waals surface area contributed by atoms with Crippen LogP contribution in [0.2, 0.25) is 0 Å². The SMILES string of the molecule is O=C(O)C1CCC(CC2CCCCC2)CC1CONC1CCC(CC2CCC(NC(=O)C3CC(CC4CCCCC4)CCC3C(=O)O)CC2)CC1. The topological polar surface area (TPSA) is 125 Å². The van der Waals surface area contributed by atoms with Crippen LogP contribution >= 0.6 is 0 Å². The van der Waals surface area contributed by atoms with Crippen LogP contribution in [-0.4, -0.2) is 46.7 Å². The number of rotatable bonds is 14. The summed E-state index contributed by atoms with van der Waals surface area (Å²) in [5, 5.41) is 23.2. The highest BCUT2D eigenvalue weighted by molar-refractivity contribution is 5.85. The van der Waals surface area contributed by atoms with Crippen LogP contribution < -0.4 is 10.8 Å². The lowest BCUT2D eigenvalue weighted by Gasteiger charge is -2.38. The molecule has 6 rings (SSSR count). The smallest absolute Gasteiger partial charge is 0.307 e. The van der Waals surface area contributed by atoms with Crippen molar-refractivity contribution >= 4 is 17.8 Å². The average Bonchev–Trinajstić information content (AvgIpc) is 3.14. The zero-order valence-electron chi connectivity index (χ0n) is 31.8. The zero-order chi connectivity index (χ0) is 35.6. The molecule has 0 spiro atoms. The number of hydroxylamine groups is 1. The maximum Gasteiger partial charge on any atom is 0.307 e. The Balaban J connectivity index is 0.861. The minimum Gasteiger partial charge on any atom is -0.481 e. The molecule has 290 valence electrons. The maximum absolute atomic E-state index is 13.5. The lowest BCUT2D eigenvalue weighted by molar-refractivity contribution is -0.150. The Bertz CT molecular complexity index is 1090. The molecule has 0 heterocycles. The highest BCUT2D eigenvalue weighted by atomic mass is 16.6. The fourth-order valence-electron chi connectivity index (χ4n) is 12.0. The number of carboxylic acid groups (broad SMARTS) is 2. The fraction of sp³-hybridized carbons (Fsp3) is 0.930. The first kappa shape index (κ1) is 39.0. The van der Waals surface area contributed by atoms with E-state index in [1.54, 1.807) is 0 Å². The van der Waals surface area contributed by atoms with Gasteiger partial charge in [0, 0.05) is 12.1 Å². The van der Waals surface area contributed by atoms with Gasteiger partial charge < -0.3 is 20.4 Å². The quantitative estimate of drug-likeness (QED) is 0.132. The third-order valence-electron chi connectivity index (χ3n) is 15.1. The summed E-state index contributed by atoms with van der Waals surface area (Å²) < 4.78 is 0. The van der Waals surface area contributed by atoms with Crippen molar-refractivity contribution in [3.05, 3.63) is 0 Å². The highest BCUT2D eigenvalue weighted by Gasteiger charge is 2.41. The van der Waals surface area contributed by atoms with Crippen molar-refractivity contribution in [1.82, 2.24) is 10.8 Å². The summed E-state index contributed by atoms with van der Waals surface area (Å²) in [5.41, 5.74) is 3.36. The van der Waals surface area contributed by atoms with E-state index in [0.717, 1.165) is 88.4 Å². The molecule has 1 amide bonds. The summed E-state index contributed by atoms with van der Waals surface area (Å²) in [7, 11) is 0. The second-order valence-electron chi connectivity index (χ2n) is 18.7. The molecule has 0 radical (unpaired) electrons. The summed E-state index contributed by atoms with van der Waals surface area (Å²) in [6, 6.07) is 0.542. The molecule has 8 heteroatoms. The van der Waals surface area contributed by atoms with Gasteiger partial charge in [-0.1, -0.05) is 64.2 Å². The van der Waals surface area contributed by atoms with Crippen LogP contribution in [0.25, 0.3) is 0 Å². The molecule has 4 N–H and O–H groups in total. The number of carboxylic acids is 2. The van der Waals surface area contributed by atoms with Crippen LogP contribution in [0, 0.1) is 59.2 Å². The summed E-state index contributed by atoms with van der Waals surface area (Å²) in [4.78, 5) is 43.8. The molecule has 0 aliphatic heterocycles. The molecular formula is C43H72N2O6. The van der Waals surface area contributed by atoms with Gasteiger partial charge in [0.1, 0.15) is 0 Å². The van der Waals surface area contributed by atoms with Crippen LogP contribution in [0.5, 0.6) is 0 Å². The zero-order valence-corrected chi connectivity index (χ0v) is 31.8. The Morgan fingerprint density at radius 3 is 1.47 bits per heavy atom. The minimum absolute atomic E-state index is 0.00784. The third kappa shape index (κ3) is 11.7. The Morgan fingerprint density at radius 1 is 0.471 bits per heavy atom. The van der Waals surface area contributed by atoms with Gasteiger partial charge in [-0.2, -0.15) is 5.48 Å². The molecule has 6 aliphatic rings. The summed E-state index contributed by atoms with van der Waals surface area (Å²) in [6.45, 7) is 0.511. The number of hydrogen-bond acceptors (Lipinski definition) is 5. The molecule has 6 saturated carbocycles. The molecule has 6 unspecified atom stereocenters. The molecule has 0 aromatic rings. The Hall–Kier alpha value is -1.67. The molecule has 6 fully saturated rings. The van der Waals surface area contributed by atoms with Gasteiger partial charge >= 0.3 is 11.9 Å². The lowest BCUT2D eigenvalue weighted by Crippen LogP contribution is -2.46.